The van der Waals surface area contributed by atoms with Crippen molar-refractivity contribution in [1.82, 2.24) is 10.2 Å². The molecule has 20 heavy (non-hydrogen) atoms. The number of alkyl halides is 3. The molecule has 0 radical (unpaired) electrons. The van der Waals surface area contributed by atoms with Crippen LogP contribution in [0.4, 0.5) is 13.2 Å². The van der Waals surface area contributed by atoms with E-state index in [1.165, 1.54) is 0 Å². The number of thioether (sulfide) groups is 1. The zero-order chi connectivity index (χ0) is 13.9. The third-order valence-electron chi connectivity index (χ3n) is 3.29. The number of benzene rings is 1. The fourth-order valence-electron chi connectivity index (χ4n) is 2.31. The molecule has 2 nitrogen and oxygen atoms in total. The smallest absolute Gasteiger partial charge is 0.314 e. The van der Waals surface area contributed by atoms with Gasteiger partial charge in [-0.25, -0.2) is 0 Å². The van der Waals surface area contributed by atoms with Crippen molar-refractivity contribution in [1.29, 1.82) is 0 Å². The Balaban J connectivity index is 0.00000200. The Morgan fingerprint density at radius 1 is 1.20 bits per heavy atom. The lowest BCUT2D eigenvalue weighted by atomic mass is 10.1. The Morgan fingerprint density at radius 2 is 1.80 bits per heavy atom. The van der Waals surface area contributed by atoms with Crippen LogP contribution >= 0.6 is 24.2 Å². The first-order valence-corrected chi connectivity index (χ1v) is 7.08. The monoisotopic (exact) mass is 326 g/mol. The van der Waals surface area contributed by atoms with Gasteiger partial charge in [-0.1, -0.05) is 18.2 Å². The van der Waals surface area contributed by atoms with Gasteiger partial charge < -0.3 is 5.32 Å². The summed E-state index contributed by atoms with van der Waals surface area (Å²) in [6, 6.07) is 6.80. The van der Waals surface area contributed by atoms with Crippen molar-refractivity contribution in [3.05, 3.63) is 29.8 Å². The Labute approximate surface area is 127 Å². The van der Waals surface area contributed by atoms with Crippen LogP contribution < -0.4 is 5.32 Å². The predicted octanol–water partition coefficient (Wildman–Crippen LogP) is 3.69. The number of nitrogens with one attached hydrogen (secondary N) is 1. The van der Waals surface area contributed by atoms with Gasteiger partial charge in [0.05, 0.1) is 0 Å². The van der Waals surface area contributed by atoms with E-state index in [-0.39, 0.29) is 30.2 Å². The molecule has 1 aromatic rings. The summed E-state index contributed by atoms with van der Waals surface area (Å²) in [5.41, 5.74) is -3.48. The second-order valence-corrected chi connectivity index (χ2v) is 5.65. The van der Waals surface area contributed by atoms with Gasteiger partial charge in [-0.05, 0) is 30.3 Å². The fourth-order valence-corrected chi connectivity index (χ4v) is 3.06. The van der Waals surface area contributed by atoms with Crippen molar-refractivity contribution >= 4 is 24.2 Å². The number of nitrogens with zero attached hydrogens (tertiary/aromatic N) is 1. The van der Waals surface area contributed by atoms with Crippen molar-refractivity contribution in [3.63, 3.8) is 0 Å². The van der Waals surface area contributed by atoms with E-state index in [0.29, 0.717) is 4.90 Å². The van der Waals surface area contributed by atoms with Gasteiger partial charge in [0.15, 0.2) is 0 Å². The van der Waals surface area contributed by atoms with Gasteiger partial charge >= 0.3 is 5.51 Å². The number of halogens is 4. The minimum Gasteiger partial charge on any atom is -0.314 e. The molecule has 0 aromatic heterocycles. The topological polar surface area (TPSA) is 15.3 Å². The minimum atomic E-state index is -4.24. The van der Waals surface area contributed by atoms with Gasteiger partial charge in [0.2, 0.25) is 0 Å². The molecule has 114 valence electrons. The van der Waals surface area contributed by atoms with Crippen molar-refractivity contribution in [3.8, 4) is 0 Å². The summed E-state index contributed by atoms with van der Waals surface area (Å²) in [4.78, 5) is 2.52. The maximum Gasteiger partial charge on any atom is 0.446 e. The van der Waals surface area contributed by atoms with Crippen LogP contribution in [0.2, 0.25) is 0 Å². The predicted molar refractivity (Wildman–Crippen MR) is 78.5 cm³/mol. The third-order valence-corrected chi connectivity index (χ3v) is 4.12. The van der Waals surface area contributed by atoms with Crippen LogP contribution in [0, 0.1) is 0 Å². The largest absolute Gasteiger partial charge is 0.446 e. The van der Waals surface area contributed by atoms with Crippen molar-refractivity contribution in [2.75, 3.05) is 26.2 Å². The lowest BCUT2D eigenvalue weighted by Gasteiger charge is -2.33. The van der Waals surface area contributed by atoms with Gasteiger partial charge in [-0.15, -0.1) is 12.4 Å². The van der Waals surface area contributed by atoms with Crippen LogP contribution in [0.25, 0.3) is 0 Å². The first-order chi connectivity index (χ1) is 8.97. The van der Waals surface area contributed by atoms with E-state index >= 15 is 0 Å². The van der Waals surface area contributed by atoms with E-state index in [1.807, 2.05) is 6.92 Å². The van der Waals surface area contributed by atoms with Crippen LogP contribution in [0.1, 0.15) is 18.5 Å². The highest BCUT2D eigenvalue weighted by Gasteiger charge is 2.31. The summed E-state index contributed by atoms with van der Waals surface area (Å²) in [5, 5.41) is 3.25. The van der Waals surface area contributed by atoms with Crippen LogP contribution in [0.15, 0.2) is 29.2 Å². The Kier molecular flexibility index (Phi) is 6.64. The van der Waals surface area contributed by atoms with Crippen molar-refractivity contribution < 1.29 is 13.2 Å². The molecule has 1 atom stereocenters. The Bertz CT molecular complexity index is 422. The van der Waals surface area contributed by atoms with E-state index in [0.717, 1.165) is 31.7 Å². The van der Waals surface area contributed by atoms with Crippen LogP contribution in [0.5, 0.6) is 0 Å². The standard InChI is InChI=1S/C13H17F3N2S.ClH/c1-10(18-8-6-17-7-9-18)11-4-2-3-5-12(11)19-13(14,15)16;/h2-5,10,17H,6-9H2,1H3;1H/t10-;/m1./s1. The molecule has 1 N–H and O–H groups in total. The molecule has 1 fully saturated rings. The van der Waals surface area contributed by atoms with E-state index < -0.39 is 5.51 Å². The second-order valence-electron chi connectivity index (χ2n) is 4.55. The van der Waals surface area contributed by atoms with E-state index in [2.05, 4.69) is 10.2 Å². The first kappa shape index (κ1) is 17.6. The van der Waals surface area contributed by atoms with Crippen LogP contribution in [-0.4, -0.2) is 36.6 Å². The molecule has 7 heteroatoms. The van der Waals surface area contributed by atoms with E-state index in [9.17, 15) is 13.2 Å². The average molecular weight is 327 g/mol. The van der Waals surface area contributed by atoms with E-state index in [4.69, 9.17) is 0 Å². The molecule has 1 saturated heterocycles. The summed E-state index contributed by atoms with van der Waals surface area (Å²) in [7, 11) is 0. The highest BCUT2D eigenvalue weighted by Crippen LogP contribution is 2.40. The average Bonchev–Trinajstić information content (AvgIpc) is 2.38. The lowest BCUT2D eigenvalue weighted by Crippen LogP contribution is -2.44. The number of rotatable bonds is 3. The maximum atomic E-state index is 12.6. The zero-order valence-electron chi connectivity index (χ0n) is 11.1. The number of hydrogen-bond donors (Lipinski definition) is 1. The van der Waals surface area contributed by atoms with Crippen LogP contribution in [-0.2, 0) is 0 Å². The number of hydrogen-bond acceptors (Lipinski definition) is 3. The summed E-state index contributed by atoms with van der Waals surface area (Å²) >= 11 is -0.0226. The molecule has 0 bridgehead atoms. The Hall–Kier alpha value is -0.430. The van der Waals surface area contributed by atoms with Gasteiger partial charge in [-0.3, -0.25) is 4.90 Å². The lowest BCUT2D eigenvalue weighted by molar-refractivity contribution is -0.0328. The quantitative estimate of drug-likeness (QED) is 0.853. The van der Waals surface area contributed by atoms with Gasteiger partial charge in [0.1, 0.15) is 0 Å². The third kappa shape index (κ3) is 4.84. The molecule has 1 aromatic carbocycles. The van der Waals surface area contributed by atoms with Crippen LogP contribution in [0.3, 0.4) is 0 Å². The van der Waals surface area contributed by atoms with Crippen molar-refractivity contribution in [2.45, 2.75) is 23.4 Å². The zero-order valence-corrected chi connectivity index (χ0v) is 12.7. The molecular formula is C13H18ClF3N2S. The summed E-state index contributed by atoms with van der Waals surface area (Å²) in [5.74, 6) is 0. The molecule has 1 heterocycles. The molecule has 0 unspecified atom stereocenters. The molecule has 1 aliphatic rings. The summed E-state index contributed by atoms with van der Waals surface area (Å²) < 4.78 is 37.7. The SMILES string of the molecule is C[C@H](c1ccccc1SC(F)(F)F)N1CCNCC1.Cl. The summed E-state index contributed by atoms with van der Waals surface area (Å²) in [6.07, 6.45) is 0. The Morgan fingerprint density at radius 3 is 2.40 bits per heavy atom. The molecular weight excluding hydrogens is 309 g/mol. The van der Waals surface area contributed by atoms with E-state index in [1.54, 1.807) is 24.3 Å². The highest BCUT2D eigenvalue weighted by molar-refractivity contribution is 8.00. The molecule has 2 rings (SSSR count). The maximum absolute atomic E-state index is 12.6. The summed E-state index contributed by atoms with van der Waals surface area (Å²) in [6.45, 7) is 5.48. The normalized spacial score (nSPS) is 18.4. The first-order valence-electron chi connectivity index (χ1n) is 6.27. The van der Waals surface area contributed by atoms with Gasteiger partial charge in [0, 0.05) is 37.1 Å². The number of piperazine rings is 1. The second kappa shape index (κ2) is 7.54. The highest BCUT2D eigenvalue weighted by atomic mass is 35.5. The molecule has 0 spiro atoms. The molecule has 1 aliphatic heterocycles. The fraction of sp³-hybridized carbons (Fsp3) is 0.538. The molecule has 0 aliphatic carbocycles. The van der Waals surface area contributed by atoms with Crippen molar-refractivity contribution in [2.24, 2.45) is 0 Å². The minimum absolute atomic E-state index is 0. The van der Waals surface area contributed by atoms with Gasteiger partial charge in [0.25, 0.3) is 0 Å². The van der Waals surface area contributed by atoms with Gasteiger partial charge in [-0.2, -0.15) is 13.2 Å². The molecule has 0 amide bonds. The molecule has 0 saturated carbocycles.